The predicted octanol–water partition coefficient (Wildman–Crippen LogP) is 2.68. The molecule has 0 saturated carbocycles. The topological polar surface area (TPSA) is 58.6 Å². The maximum atomic E-state index is 12.3. The highest BCUT2D eigenvalue weighted by molar-refractivity contribution is 5.81. The Bertz CT molecular complexity index is 445. The molecule has 1 aromatic rings. The van der Waals surface area contributed by atoms with Gasteiger partial charge in [0.25, 0.3) is 5.91 Å². The first-order valence-corrected chi connectivity index (χ1v) is 7.62. The van der Waals surface area contributed by atoms with E-state index in [1.165, 1.54) is 0 Å². The van der Waals surface area contributed by atoms with Gasteiger partial charge in [0.05, 0.1) is 0 Å². The molecule has 4 heteroatoms. The third-order valence-corrected chi connectivity index (χ3v) is 3.50. The molecule has 0 aliphatic rings. The zero-order valence-corrected chi connectivity index (χ0v) is 13.4. The smallest absolute Gasteiger partial charge is 0.261 e. The van der Waals surface area contributed by atoms with E-state index in [4.69, 9.17) is 9.84 Å². The number of aliphatic hydroxyl groups is 1. The lowest BCUT2D eigenvalue weighted by Gasteiger charge is -2.25. The van der Waals surface area contributed by atoms with Crippen molar-refractivity contribution in [2.45, 2.75) is 52.7 Å². The standard InChI is InChI=1S/C17H27NO3/c1-5-16(21-14-8-6-7-13(4)11-14)17(20)18-15(9-10-19)12(2)3/h6-8,11-12,15-16,19H,5,9-10H2,1-4H3,(H,18,20). The molecule has 1 amide bonds. The molecule has 118 valence electrons. The fraction of sp³-hybridized carbons (Fsp3) is 0.588. The van der Waals surface area contributed by atoms with Crippen LogP contribution in [0.25, 0.3) is 0 Å². The summed E-state index contributed by atoms with van der Waals surface area (Å²) in [6.07, 6.45) is 0.653. The highest BCUT2D eigenvalue weighted by Gasteiger charge is 2.23. The molecule has 4 nitrogen and oxygen atoms in total. The lowest BCUT2D eigenvalue weighted by atomic mass is 10.0. The Hall–Kier alpha value is -1.55. The van der Waals surface area contributed by atoms with Crippen LogP contribution in [0.2, 0.25) is 0 Å². The summed E-state index contributed by atoms with van der Waals surface area (Å²) in [5.74, 6) is 0.865. The van der Waals surface area contributed by atoms with Crippen molar-refractivity contribution in [1.82, 2.24) is 5.32 Å². The molecule has 0 aliphatic carbocycles. The summed E-state index contributed by atoms with van der Waals surface area (Å²) in [6.45, 7) is 8.05. The van der Waals surface area contributed by atoms with Gasteiger partial charge in [-0.3, -0.25) is 4.79 Å². The number of nitrogens with one attached hydrogen (secondary N) is 1. The van der Waals surface area contributed by atoms with Gasteiger partial charge < -0.3 is 15.2 Å². The third-order valence-electron chi connectivity index (χ3n) is 3.50. The van der Waals surface area contributed by atoms with Gasteiger partial charge in [-0.1, -0.05) is 32.9 Å². The quantitative estimate of drug-likeness (QED) is 0.774. The SMILES string of the molecule is CCC(Oc1cccc(C)c1)C(=O)NC(CCO)C(C)C. The number of aliphatic hydroxyl groups excluding tert-OH is 1. The Morgan fingerprint density at radius 2 is 2.10 bits per heavy atom. The van der Waals surface area contributed by atoms with Gasteiger partial charge in [-0.05, 0) is 43.4 Å². The van der Waals surface area contributed by atoms with E-state index in [0.717, 1.165) is 5.56 Å². The fourth-order valence-corrected chi connectivity index (χ4v) is 2.16. The van der Waals surface area contributed by atoms with E-state index in [1.807, 2.05) is 52.0 Å². The largest absolute Gasteiger partial charge is 0.481 e. The average molecular weight is 293 g/mol. The molecule has 21 heavy (non-hydrogen) atoms. The Balaban J connectivity index is 2.68. The molecule has 0 fully saturated rings. The van der Waals surface area contributed by atoms with Crippen LogP contribution in [0.15, 0.2) is 24.3 Å². The minimum absolute atomic E-state index is 0.0299. The van der Waals surface area contributed by atoms with Crippen LogP contribution in [0, 0.1) is 12.8 Å². The second-order valence-electron chi connectivity index (χ2n) is 5.70. The predicted molar refractivity (Wildman–Crippen MR) is 84.4 cm³/mol. The van der Waals surface area contributed by atoms with Crippen LogP contribution in [0.3, 0.4) is 0 Å². The van der Waals surface area contributed by atoms with E-state index in [2.05, 4.69) is 5.32 Å². The molecular formula is C17H27NO3. The summed E-state index contributed by atoms with van der Waals surface area (Å²) in [7, 11) is 0. The molecule has 0 aliphatic heterocycles. The maximum absolute atomic E-state index is 12.3. The van der Waals surface area contributed by atoms with Gasteiger partial charge in [0.2, 0.25) is 0 Å². The maximum Gasteiger partial charge on any atom is 0.261 e. The van der Waals surface area contributed by atoms with Crippen molar-refractivity contribution in [3.05, 3.63) is 29.8 Å². The Labute approximate surface area is 127 Å². The summed E-state index contributed by atoms with van der Waals surface area (Å²) in [6, 6.07) is 7.65. The van der Waals surface area contributed by atoms with Crippen molar-refractivity contribution >= 4 is 5.91 Å². The van der Waals surface area contributed by atoms with Crippen LogP contribution in [0.5, 0.6) is 5.75 Å². The molecule has 0 saturated heterocycles. The number of rotatable bonds is 8. The van der Waals surface area contributed by atoms with Crippen molar-refractivity contribution in [2.75, 3.05) is 6.61 Å². The van der Waals surface area contributed by atoms with Gasteiger partial charge in [0.15, 0.2) is 6.10 Å². The molecule has 0 aromatic heterocycles. The number of hydrogen-bond acceptors (Lipinski definition) is 3. The number of aryl methyl sites for hydroxylation is 1. The van der Waals surface area contributed by atoms with Crippen LogP contribution in [-0.4, -0.2) is 29.8 Å². The molecule has 1 rings (SSSR count). The monoisotopic (exact) mass is 293 g/mol. The van der Waals surface area contributed by atoms with Crippen LogP contribution in [0.4, 0.5) is 0 Å². The van der Waals surface area contributed by atoms with E-state index >= 15 is 0 Å². The molecule has 0 bridgehead atoms. The van der Waals surface area contributed by atoms with Crippen molar-refractivity contribution in [3.8, 4) is 5.75 Å². The number of amides is 1. The van der Waals surface area contributed by atoms with Crippen LogP contribution in [0.1, 0.15) is 39.2 Å². The first-order valence-electron chi connectivity index (χ1n) is 7.62. The van der Waals surface area contributed by atoms with Gasteiger partial charge in [0, 0.05) is 12.6 Å². The molecule has 2 unspecified atom stereocenters. The van der Waals surface area contributed by atoms with E-state index in [1.54, 1.807) is 0 Å². The number of carbonyl (C=O) groups is 1. The first-order chi connectivity index (χ1) is 9.97. The first kappa shape index (κ1) is 17.5. The number of benzene rings is 1. The second kappa shape index (κ2) is 8.67. The van der Waals surface area contributed by atoms with E-state index in [-0.39, 0.29) is 24.5 Å². The summed E-state index contributed by atoms with van der Waals surface area (Å²) >= 11 is 0. The summed E-state index contributed by atoms with van der Waals surface area (Å²) in [5.41, 5.74) is 1.10. The Morgan fingerprint density at radius 3 is 2.62 bits per heavy atom. The molecule has 0 spiro atoms. The zero-order chi connectivity index (χ0) is 15.8. The van der Waals surface area contributed by atoms with Gasteiger partial charge in [0.1, 0.15) is 5.75 Å². The number of hydrogen-bond donors (Lipinski definition) is 2. The second-order valence-corrected chi connectivity index (χ2v) is 5.70. The zero-order valence-electron chi connectivity index (χ0n) is 13.4. The summed E-state index contributed by atoms with van der Waals surface area (Å²) in [5, 5.41) is 12.1. The third kappa shape index (κ3) is 5.76. The summed E-state index contributed by atoms with van der Waals surface area (Å²) in [4.78, 5) is 12.3. The van der Waals surface area contributed by atoms with Crippen LogP contribution in [-0.2, 0) is 4.79 Å². The van der Waals surface area contributed by atoms with E-state index in [9.17, 15) is 4.79 Å². The highest BCUT2D eigenvalue weighted by Crippen LogP contribution is 2.16. The molecule has 2 atom stereocenters. The van der Waals surface area contributed by atoms with Crippen molar-refractivity contribution < 1.29 is 14.6 Å². The molecule has 1 aromatic carbocycles. The van der Waals surface area contributed by atoms with Gasteiger partial charge in [-0.15, -0.1) is 0 Å². The normalized spacial score (nSPS) is 13.8. The molecule has 0 heterocycles. The van der Waals surface area contributed by atoms with Crippen LogP contribution >= 0.6 is 0 Å². The number of carbonyl (C=O) groups excluding carboxylic acids is 1. The van der Waals surface area contributed by atoms with Gasteiger partial charge >= 0.3 is 0 Å². The minimum atomic E-state index is -0.508. The molecular weight excluding hydrogens is 266 g/mol. The summed E-state index contributed by atoms with van der Waals surface area (Å²) < 4.78 is 5.79. The lowest BCUT2D eigenvalue weighted by Crippen LogP contribution is -2.46. The van der Waals surface area contributed by atoms with E-state index in [0.29, 0.717) is 18.6 Å². The van der Waals surface area contributed by atoms with E-state index < -0.39 is 6.10 Å². The van der Waals surface area contributed by atoms with Crippen molar-refractivity contribution in [1.29, 1.82) is 0 Å². The molecule has 0 radical (unpaired) electrons. The van der Waals surface area contributed by atoms with Gasteiger partial charge in [-0.25, -0.2) is 0 Å². The highest BCUT2D eigenvalue weighted by atomic mass is 16.5. The number of ether oxygens (including phenoxy) is 1. The van der Waals surface area contributed by atoms with Crippen LogP contribution < -0.4 is 10.1 Å². The average Bonchev–Trinajstić information content (AvgIpc) is 2.44. The van der Waals surface area contributed by atoms with Crippen molar-refractivity contribution in [3.63, 3.8) is 0 Å². The van der Waals surface area contributed by atoms with Gasteiger partial charge in [-0.2, -0.15) is 0 Å². The Morgan fingerprint density at radius 1 is 1.38 bits per heavy atom. The molecule has 2 N–H and O–H groups in total. The fourth-order valence-electron chi connectivity index (χ4n) is 2.16. The minimum Gasteiger partial charge on any atom is -0.481 e. The Kier molecular flexibility index (Phi) is 7.23. The van der Waals surface area contributed by atoms with Crippen molar-refractivity contribution in [2.24, 2.45) is 5.92 Å². The lowest BCUT2D eigenvalue weighted by molar-refractivity contribution is -0.129.